The minimum atomic E-state index is -0.0571. The molecule has 0 radical (unpaired) electrons. The third-order valence-corrected chi connectivity index (χ3v) is 4.39. The van der Waals surface area contributed by atoms with Gasteiger partial charge in [-0.25, -0.2) is 0 Å². The molecule has 2 heteroatoms. The Labute approximate surface area is 114 Å². The molecule has 2 atom stereocenters. The largest absolute Gasteiger partial charge is 0.364 e. The van der Waals surface area contributed by atoms with Crippen LogP contribution in [0.2, 0.25) is 5.02 Å². The van der Waals surface area contributed by atoms with Crippen LogP contribution in [-0.4, -0.2) is 6.61 Å². The van der Waals surface area contributed by atoms with Crippen LogP contribution >= 0.6 is 11.6 Å². The van der Waals surface area contributed by atoms with Gasteiger partial charge in [-0.15, -0.1) is 0 Å². The van der Waals surface area contributed by atoms with Gasteiger partial charge >= 0.3 is 0 Å². The van der Waals surface area contributed by atoms with Crippen LogP contribution < -0.4 is 0 Å². The monoisotopic (exact) mass is 262 g/mol. The highest BCUT2D eigenvalue weighted by Gasteiger charge is 2.51. The molecule has 18 heavy (non-hydrogen) atoms. The Hall–Kier alpha value is -0.790. The fourth-order valence-corrected chi connectivity index (χ4v) is 3.08. The van der Waals surface area contributed by atoms with E-state index in [9.17, 15) is 0 Å². The Kier molecular flexibility index (Phi) is 3.45. The smallest absolute Gasteiger partial charge is 0.123 e. The third-order valence-electron chi connectivity index (χ3n) is 4.14. The first-order valence-electron chi connectivity index (χ1n) is 6.88. The second kappa shape index (κ2) is 5.07. The number of hydrogen-bond acceptors (Lipinski definition) is 1. The molecule has 1 saturated heterocycles. The molecular formula is C16H19ClO. The first-order valence-corrected chi connectivity index (χ1v) is 7.26. The summed E-state index contributed by atoms with van der Waals surface area (Å²) in [5.41, 5.74) is 1.22. The van der Waals surface area contributed by atoms with Crippen LogP contribution in [0.3, 0.4) is 0 Å². The van der Waals surface area contributed by atoms with Crippen molar-refractivity contribution in [3.8, 4) is 0 Å². The van der Waals surface area contributed by atoms with Gasteiger partial charge in [0.2, 0.25) is 0 Å². The second-order valence-corrected chi connectivity index (χ2v) is 5.79. The molecule has 1 aliphatic heterocycles. The first kappa shape index (κ1) is 12.3. The van der Waals surface area contributed by atoms with E-state index in [0.29, 0.717) is 5.92 Å². The number of hydrogen-bond donors (Lipinski definition) is 0. The molecule has 0 amide bonds. The maximum absolute atomic E-state index is 5.96. The van der Waals surface area contributed by atoms with Crippen LogP contribution in [0.25, 0.3) is 0 Å². The van der Waals surface area contributed by atoms with Gasteiger partial charge in [0.05, 0.1) is 6.61 Å². The lowest BCUT2D eigenvalue weighted by Gasteiger charge is -2.23. The van der Waals surface area contributed by atoms with E-state index in [1.807, 2.05) is 12.1 Å². The van der Waals surface area contributed by atoms with Crippen molar-refractivity contribution >= 4 is 11.6 Å². The number of allylic oxidation sites excluding steroid dienone is 1. The summed E-state index contributed by atoms with van der Waals surface area (Å²) in [5.74, 6) is 0.527. The van der Waals surface area contributed by atoms with Crippen LogP contribution in [-0.2, 0) is 10.3 Å². The Morgan fingerprint density at radius 3 is 2.61 bits per heavy atom. The molecule has 2 aliphatic rings. The fourth-order valence-electron chi connectivity index (χ4n) is 2.95. The van der Waals surface area contributed by atoms with Crippen LogP contribution in [0.4, 0.5) is 0 Å². The predicted octanol–water partition coefficient (Wildman–Crippen LogP) is 4.70. The topological polar surface area (TPSA) is 12.5 Å². The Balaban J connectivity index is 1.84. The zero-order chi connectivity index (χ0) is 12.4. The summed E-state index contributed by atoms with van der Waals surface area (Å²) >= 11 is 5.96. The highest BCUT2D eigenvalue weighted by Crippen LogP contribution is 2.48. The van der Waals surface area contributed by atoms with Gasteiger partial charge in [-0.2, -0.15) is 0 Å². The summed E-state index contributed by atoms with van der Waals surface area (Å²) in [6, 6.07) is 8.16. The van der Waals surface area contributed by atoms with Crippen molar-refractivity contribution in [1.82, 2.24) is 0 Å². The summed E-state index contributed by atoms with van der Waals surface area (Å²) in [6.07, 6.45) is 11.2. The average molecular weight is 263 g/mol. The zero-order valence-corrected chi connectivity index (χ0v) is 11.3. The molecule has 96 valence electrons. The number of epoxide rings is 1. The highest BCUT2D eigenvalue weighted by atomic mass is 35.5. The van der Waals surface area contributed by atoms with Gasteiger partial charge in [-0.1, -0.05) is 48.7 Å². The van der Waals surface area contributed by atoms with Gasteiger partial charge in [0.1, 0.15) is 5.60 Å². The summed E-state index contributed by atoms with van der Waals surface area (Å²) in [4.78, 5) is 0. The Morgan fingerprint density at radius 1 is 1.11 bits per heavy atom. The molecule has 1 fully saturated rings. The number of ether oxygens (including phenoxy) is 1. The maximum atomic E-state index is 5.96. The van der Waals surface area contributed by atoms with Crippen LogP contribution in [0, 0.1) is 5.92 Å². The van der Waals surface area contributed by atoms with Crippen molar-refractivity contribution in [1.29, 1.82) is 0 Å². The molecule has 1 aromatic rings. The normalized spacial score (nSPS) is 33.5. The lowest BCUT2D eigenvalue weighted by Crippen LogP contribution is -2.21. The molecule has 0 saturated carbocycles. The van der Waals surface area contributed by atoms with E-state index in [4.69, 9.17) is 16.3 Å². The van der Waals surface area contributed by atoms with Crippen molar-refractivity contribution in [3.63, 3.8) is 0 Å². The van der Waals surface area contributed by atoms with E-state index in [-0.39, 0.29) is 5.60 Å². The van der Waals surface area contributed by atoms with Gasteiger partial charge in [0.15, 0.2) is 0 Å². The van der Waals surface area contributed by atoms with Crippen LogP contribution in [0.1, 0.15) is 37.7 Å². The molecule has 0 spiro atoms. The number of benzene rings is 1. The van der Waals surface area contributed by atoms with E-state index in [0.717, 1.165) is 11.6 Å². The van der Waals surface area contributed by atoms with Crippen LogP contribution in [0.5, 0.6) is 0 Å². The summed E-state index contributed by atoms with van der Waals surface area (Å²) < 4.78 is 5.86. The molecule has 0 bridgehead atoms. The quantitative estimate of drug-likeness (QED) is 0.556. The van der Waals surface area contributed by atoms with Gasteiger partial charge in [-0.05, 0) is 37.0 Å². The molecule has 3 rings (SSSR count). The number of rotatable bonds is 2. The molecule has 0 aromatic heterocycles. The van der Waals surface area contributed by atoms with Gasteiger partial charge in [-0.3, -0.25) is 0 Å². The first-order chi connectivity index (χ1) is 8.81. The van der Waals surface area contributed by atoms with Crippen molar-refractivity contribution < 1.29 is 4.74 Å². The van der Waals surface area contributed by atoms with E-state index < -0.39 is 0 Å². The highest BCUT2D eigenvalue weighted by molar-refractivity contribution is 6.30. The van der Waals surface area contributed by atoms with Gasteiger partial charge in [0, 0.05) is 10.9 Å². The molecule has 1 heterocycles. The third kappa shape index (κ3) is 2.34. The minimum absolute atomic E-state index is 0.0571. The van der Waals surface area contributed by atoms with Gasteiger partial charge < -0.3 is 4.74 Å². The van der Waals surface area contributed by atoms with Crippen molar-refractivity contribution in [2.45, 2.75) is 37.7 Å². The summed E-state index contributed by atoms with van der Waals surface area (Å²) in [6.45, 7) is 0.851. The maximum Gasteiger partial charge on any atom is 0.123 e. The SMILES string of the molecule is Clc1ccc(C2(C3/C=C\CCCCC3)CO2)cc1. The zero-order valence-electron chi connectivity index (χ0n) is 10.6. The lowest BCUT2D eigenvalue weighted by atomic mass is 9.81. The van der Waals surface area contributed by atoms with E-state index >= 15 is 0 Å². The molecular weight excluding hydrogens is 244 g/mol. The summed E-state index contributed by atoms with van der Waals surface area (Å²) in [7, 11) is 0. The van der Waals surface area contributed by atoms with Crippen molar-refractivity contribution in [2.24, 2.45) is 5.92 Å². The second-order valence-electron chi connectivity index (χ2n) is 5.36. The molecule has 1 aromatic carbocycles. The fraction of sp³-hybridized carbons (Fsp3) is 0.500. The van der Waals surface area contributed by atoms with Crippen molar-refractivity contribution in [2.75, 3.05) is 6.61 Å². The number of halogens is 1. The van der Waals surface area contributed by atoms with Crippen LogP contribution in [0.15, 0.2) is 36.4 Å². The molecule has 1 aliphatic carbocycles. The van der Waals surface area contributed by atoms with Gasteiger partial charge in [0.25, 0.3) is 0 Å². The molecule has 1 nitrogen and oxygen atoms in total. The Bertz CT molecular complexity index is 431. The standard InChI is InChI=1S/C16H19ClO/c17-15-10-8-14(9-11-15)16(12-18-16)13-6-4-2-1-3-5-7-13/h4,6,8-11,13H,1-3,5,7,12H2/b6-4-. The van der Waals surface area contributed by atoms with E-state index in [1.54, 1.807) is 0 Å². The lowest BCUT2D eigenvalue weighted by molar-refractivity contribution is 0.235. The van der Waals surface area contributed by atoms with E-state index in [2.05, 4.69) is 24.3 Å². The predicted molar refractivity (Wildman–Crippen MR) is 74.8 cm³/mol. The van der Waals surface area contributed by atoms with E-state index in [1.165, 1.54) is 37.7 Å². The summed E-state index contributed by atoms with van der Waals surface area (Å²) in [5, 5.41) is 0.794. The average Bonchev–Trinajstić information content (AvgIpc) is 3.11. The van der Waals surface area contributed by atoms with Crippen molar-refractivity contribution in [3.05, 3.63) is 47.0 Å². The molecule has 0 N–H and O–H groups in total. The molecule has 2 unspecified atom stereocenters. The Morgan fingerprint density at radius 2 is 1.89 bits per heavy atom. The minimum Gasteiger partial charge on any atom is -0.364 e.